The van der Waals surface area contributed by atoms with Crippen LogP contribution in [0.2, 0.25) is 0 Å². The summed E-state index contributed by atoms with van der Waals surface area (Å²) in [6.07, 6.45) is 0.908. The fourth-order valence-corrected chi connectivity index (χ4v) is 1.91. The minimum Gasteiger partial charge on any atom is -0.383 e. The molecule has 0 aliphatic heterocycles. The van der Waals surface area contributed by atoms with Gasteiger partial charge in [-0.05, 0) is 12.1 Å². The Balaban J connectivity index is 2.99. The molecule has 0 saturated heterocycles. The summed E-state index contributed by atoms with van der Waals surface area (Å²) in [5.41, 5.74) is 1.61. The molecular formula is C15H20N2O2. The molecule has 0 spiro atoms. The van der Waals surface area contributed by atoms with Crippen molar-refractivity contribution in [2.75, 3.05) is 31.7 Å². The van der Waals surface area contributed by atoms with Gasteiger partial charge in [-0.3, -0.25) is 4.79 Å². The minimum atomic E-state index is 0.120. The summed E-state index contributed by atoms with van der Waals surface area (Å²) in [7, 11) is 1.64. The van der Waals surface area contributed by atoms with E-state index in [1.54, 1.807) is 7.11 Å². The minimum absolute atomic E-state index is 0.120. The summed E-state index contributed by atoms with van der Waals surface area (Å²) >= 11 is 0. The number of methoxy groups -OCH3 is 1. The van der Waals surface area contributed by atoms with Gasteiger partial charge >= 0.3 is 0 Å². The van der Waals surface area contributed by atoms with Crippen LogP contribution in [0, 0.1) is 11.3 Å². The summed E-state index contributed by atoms with van der Waals surface area (Å²) in [6.45, 7) is 3.70. The number of para-hydroxylation sites is 1. The first kappa shape index (κ1) is 15.2. The van der Waals surface area contributed by atoms with Gasteiger partial charge in [0.2, 0.25) is 0 Å². The molecule has 0 saturated carbocycles. The number of carbonyl (C=O) groups excluding carboxylic acids is 1. The number of nitriles is 1. The molecule has 0 N–H and O–H groups in total. The molecule has 0 heterocycles. The number of carbonyl (C=O) groups is 1. The zero-order chi connectivity index (χ0) is 14.1. The first-order chi connectivity index (χ1) is 9.24. The largest absolute Gasteiger partial charge is 0.383 e. The molecule has 0 fully saturated rings. The summed E-state index contributed by atoms with van der Waals surface area (Å²) in [5, 5.41) is 8.74. The third kappa shape index (κ3) is 4.38. The second-order valence-corrected chi connectivity index (χ2v) is 4.18. The van der Waals surface area contributed by atoms with E-state index in [9.17, 15) is 4.79 Å². The van der Waals surface area contributed by atoms with E-state index in [4.69, 9.17) is 10.00 Å². The van der Waals surface area contributed by atoms with Crippen molar-refractivity contribution in [3.8, 4) is 6.07 Å². The fraction of sp³-hybridized carbons (Fsp3) is 0.467. The highest BCUT2D eigenvalue weighted by Crippen LogP contribution is 2.22. The predicted molar refractivity (Wildman–Crippen MR) is 75.4 cm³/mol. The highest BCUT2D eigenvalue weighted by atomic mass is 16.5. The fourth-order valence-electron chi connectivity index (χ4n) is 1.91. The van der Waals surface area contributed by atoms with Crippen molar-refractivity contribution < 1.29 is 9.53 Å². The van der Waals surface area contributed by atoms with E-state index in [-0.39, 0.29) is 5.78 Å². The smallest absolute Gasteiger partial charge is 0.164 e. The molecular weight excluding hydrogens is 240 g/mol. The third-order valence-corrected chi connectivity index (χ3v) is 2.93. The molecule has 4 heteroatoms. The Labute approximate surface area is 114 Å². The summed E-state index contributed by atoms with van der Waals surface area (Å²) < 4.78 is 5.09. The Morgan fingerprint density at radius 3 is 2.74 bits per heavy atom. The highest BCUT2D eigenvalue weighted by molar-refractivity contribution is 6.01. The number of hydrogen-bond acceptors (Lipinski definition) is 4. The number of nitrogens with zero attached hydrogens (tertiary/aromatic N) is 2. The predicted octanol–water partition coefficient (Wildman–Crippen LogP) is 2.65. The Kier molecular flexibility index (Phi) is 6.62. The standard InChI is InChI=1S/C15H20N2O2/c1-3-15(18)13-7-4-5-8-14(13)17(10-6-9-16)11-12-19-2/h4-5,7-8H,3,6,10-12H2,1-2H3. The summed E-state index contributed by atoms with van der Waals surface area (Å²) in [6, 6.07) is 9.68. The lowest BCUT2D eigenvalue weighted by atomic mass is 10.1. The highest BCUT2D eigenvalue weighted by Gasteiger charge is 2.14. The Hall–Kier alpha value is -1.86. The average molecular weight is 260 g/mol. The number of hydrogen-bond donors (Lipinski definition) is 0. The third-order valence-electron chi connectivity index (χ3n) is 2.93. The molecule has 1 rings (SSSR count). The van der Waals surface area contributed by atoms with Crippen LogP contribution in [0.15, 0.2) is 24.3 Å². The molecule has 0 bridgehead atoms. The zero-order valence-corrected chi connectivity index (χ0v) is 11.6. The van der Waals surface area contributed by atoms with Gasteiger partial charge in [-0.1, -0.05) is 19.1 Å². The van der Waals surface area contributed by atoms with Crippen molar-refractivity contribution in [1.82, 2.24) is 0 Å². The van der Waals surface area contributed by atoms with E-state index in [1.165, 1.54) is 0 Å². The van der Waals surface area contributed by atoms with Gasteiger partial charge in [-0.2, -0.15) is 5.26 Å². The maximum absolute atomic E-state index is 12.0. The lowest BCUT2D eigenvalue weighted by molar-refractivity contribution is 0.0988. The number of Topliss-reactive ketones (excluding diaryl/α,β-unsaturated/α-hetero) is 1. The normalized spacial score (nSPS) is 9.95. The second kappa shape index (κ2) is 8.28. The molecule has 0 amide bonds. The van der Waals surface area contributed by atoms with Gasteiger partial charge < -0.3 is 9.64 Å². The number of anilines is 1. The van der Waals surface area contributed by atoms with Gasteiger partial charge in [0.05, 0.1) is 19.1 Å². The number of ether oxygens (including phenoxy) is 1. The van der Waals surface area contributed by atoms with E-state index in [0.717, 1.165) is 11.3 Å². The van der Waals surface area contributed by atoms with E-state index in [2.05, 4.69) is 6.07 Å². The van der Waals surface area contributed by atoms with Crippen LogP contribution in [0.5, 0.6) is 0 Å². The Bertz CT molecular complexity index is 452. The SMILES string of the molecule is CCC(=O)c1ccccc1N(CCC#N)CCOC. The first-order valence-corrected chi connectivity index (χ1v) is 6.47. The van der Waals surface area contributed by atoms with Crippen molar-refractivity contribution >= 4 is 11.5 Å². The molecule has 102 valence electrons. The first-order valence-electron chi connectivity index (χ1n) is 6.47. The van der Waals surface area contributed by atoms with Crippen LogP contribution in [0.1, 0.15) is 30.1 Å². The van der Waals surface area contributed by atoms with Crippen molar-refractivity contribution in [3.63, 3.8) is 0 Å². The summed E-state index contributed by atoms with van der Waals surface area (Å²) in [4.78, 5) is 14.0. The molecule has 0 aliphatic rings. The van der Waals surface area contributed by atoms with E-state index in [0.29, 0.717) is 32.5 Å². The van der Waals surface area contributed by atoms with Crippen LogP contribution in [0.4, 0.5) is 5.69 Å². The molecule has 0 aliphatic carbocycles. The maximum Gasteiger partial charge on any atom is 0.164 e. The average Bonchev–Trinajstić information content (AvgIpc) is 2.47. The van der Waals surface area contributed by atoms with E-state index >= 15 is 0 Å². The van der Waals surface area contributed by atoms with Crippen LogP contribution >= 0.6 is 0 Å². The quantitative estimate of drug-likeness (QED) is 0.674. The van der Waals surface area contributed by atoms with E-state index < -0.39 is 0 Å². The van der Waals surface area contributed by atoms with Crippen molar-refractivity contribution in [3.05, 3.63) is 29.8 Å². The molecule has 0 aromatic heterocycles. The lowest BCUT2D eigenvalue weighted by Gasteiger charge is -2.25. The topological polar surface area (TPSA) is 53.3 Å². The summed E-state index contributed by atoms with van der Waals surface area (Å²) in [5.74, 6) is 0.120. The van der Waals surface area contributed by atoms with Gasteiger partial charge in [0, 0.05) is 37.9 Å². The van der Waals surface area contributed by atoms with Gasteiger partial charge in [-0.25, -0.2) is 0 Å². The second-order valence-electron chi connectivity index (χ2n) is 4.18. The number of ketones is 1. The number of rotatable bonds is 8. The van der Waals surface area contributed by atoms with Crippen LogP contribution in [0.3, 0.4) is 0 Å². The lowest BCUT2D eigenvalue weighted by Crippen LogP contribution is -2.29. The van der Waals surface area contributed by atoms with Crippen molar-refractivity contribution in [1.29, 1.82) is 5.26 Å². The van der Waals surface area contributed by atoms with Crippen LogP contribution in [-0.4, -0.2) is 32.6 Å². The molecule has 0 atom stereocenters. The van der Waals surface area contributed by atoms with Crippen LogP contribution in [0.25, 0.3) is 0 Å². The molecule has 0 unspecified atom stereocenters. The maximum atomic E-state index is 12.0. The Morgan fingerprint density at radius 2 is 2.11 bits per heavy atom. The monoisotopic (exact) mass is 260 g/mol. The molecule has 1 aromatic rings. The Morgan fingerprint density at radius 1 is 1.37 bits per heavy atom. The van der Waals surface area contributed by atoms with Crippen LogP contribution in [-0.2, 0) is 4.74 Å². The molecule has 1 aromatic carbocycles. The van der Waals surface area contributed by atoms with Gasteiger partial charge in [0.1, 0.15) is 0 Å². The number of benzene rings is 1. The molecule has 0 radical (unpaired) electrons. The van der Waals surface area contributed by atoms with Crippen molar-refractivity contribution in [2.24, 2.45) is 0 Å². The van der Waals surface area contributed by atoms with E-state index in [1.807, 2.05) is 36.1 Å². The zero-order valence-electron chi connectivity index (χ0n) is 11.6. The van der Waals surface area contributed by atoms with Gasteiger partial charge in [0.15, 0.2) is 5.78 Å². The molecule has 4 nitrogen and oxygen atoms in total. The van der Waals surface area contributed by atoms with Crippen LogP contribution < -0.4 is 4.90 Å². The van der Waals surface area contributed by atoms with Gasteiger partial charge in [0.25, 0.3) is 0 Å². The van der Waals surface area contributed by atoms with Gasteiger partial charge in [-0.15, -0.1) is 0 Å². The molecule has 19 heavy (non-hydrogen) atoms. The van der Waals surface area contributed by atoms with Crippen molar-refractivity contribution in [2.45, 2.75) is 19.8 Å².